The molecule has 6 nitrogen and oxygen atoms in total. The number of nitrogens with two attached hydrogens (primary N) is 1. The number of carbonyl (C=O) groups excluding carboxylic acids is 1. The molecule has 2 aromatic rings. The largest absolute Gasteiger partial charge is 0.493 e. The van der Waals surface area contributed by atoms with E-state index in [4.69, 9.17) is 15.2 Å². The van der Waals surface area contributed by atoms with Gasteiger partial charge in [-0.3, -0.25) is 4.79 Å². The third kappa shape index (κ3) is 3.88. The number of methoxy groups -OCH3 is 2. The maximum absolute atomic E-state index is 12.2. The van der Waals surface area contributed by atoms with E-state index < -0.39 is 0 Å². The lowest BCUT2D eigenvalue weighted by atomic mass is 10.1. The molecule has 0 unspecified atom stereocenters. The van der Waals surface area contributed by atoms with Crippen LogP contribution < -0.4 is 15.2 Å². The van der Waals surface area contributed by atoms with E-state index in [0.29, 0.717) is 29.5 Å². The fourth-order valence-electron chi connectivity index (χ4n) is 2.47. The van der Waals surface area contributed by atoms with Gasteiger partial charge in [-0.25, -0.2) is 5.01 Å². The van der Waals surface area contributed by atoms with Crippen LogP contribution in [0.3, 0.4) is 0 Å². The number of ether oxygens (including phenoxy) is 2. The summed E-state index contributed by atoms with van der Waals surface area (Å²) < 4.78 is 10.6. The molecule has 25 heavy (non-hydrogen) atoms. The SMILES string of the molecule is COc1ccc(C2=NN(Cc3ccc(N)cc3)C(=O)SC2)cc1OC. The highest BCUT2D eigenvalue weighted by molar-refractivity contribution is 8.14. The lowest BCUT2D eigenvalue weighted by Crippen LogP contribution is -2.29. The molecule has 0 spiro atoms. The highest BCUT2D eigenvalue weighted by atomic mass is 32.2. The van der Waals surface area contributed by atoms with Crippen molar-refractivity contribution in [2.75, 3.05) is 25.7 Å². The topological polar surface area (TPSA) is 77.1 Å². The molecule has 0 saturated carbocycles. The molecule has 0 radical (unpaired) electrons. The number of amides is 1. The minimum atomic E-state index is -0.0685. The summed E-state index contributed by atoms with van der Waals surface area (Å²) in [5.41, 5.74) is 9.09. The predicted molar refractivity (Wildman–Crippen MR) is 100 cm³/mol. The Morgan fingerprint density at radius 2 is 1.84 bits per heavy atom. The Bertz CT molecular complexity index is 806. The van der Waals surface area contributed by atoms with Gasteiger partial charge in [0.15, 0.2) is 11.5 Å². The van der Waals surface area contributed by atoms with Crippen LogP contribution in [0.4, 0.5) is 10.5 Å². The fourth-order valence-corrected chi connectivity index (χ4v) is 3.21. The second-order valence-corrected chi connectivity index (χ2v) is 6.40. The standard InChI is InChI=1S/C18H19N3O3S/c1-23-16-8-5-13(9-17(16)24-2)15-11-25-18(22)21(20-15)10-12-3-6-14(19)7-4-12/h3-9H,10-11,19H2,1-2H3. The molecular weight excluding hydrogens is 338 g/mol. The van der Waals surface area contributed by atoms with Crippen molar-refractivity contribution in [1.29, 1.82) is 0 Å². The second-order valence-electron chi connectivity index (χ2n) is 5.47. The van der Waals surface area contributed by atoms with Gasteiger partial charge in [-0.1, -0.05) is 23.9 Å². The summed E-state index contributed by atoms with van der Waals surface area (Å²) in [5.74, 6) is 1.81. The Morgan fingerprint density at radius 1 is 1.12 bits per heavy atom. The van der Waals surface area contributed by atoms with Crippen LogP contribution in [-0.2, 0) is 6.54 Å². The van der Waals surface area contributed by atoms with E-state index in [-0.39, 0.29) is 5.24 Å². The van der Waals surface area contributed by atoms with Crippen LogP contribution in [0.5, 0.6) is 11.5 Å². The Morgan fingerprint density at radius 3 is 2.52 bits per heavy atom. The number of benzene rings is 2. The first-order valence-electron chi connectivity index (χ1n) is 7.69. The van der Waals surface area contributed by atoms with Gasteiger partial charge in [-0.15, -0.1) is 0 Å². The number of carbonyl (C=O) groups is 1. The number of hydrazone groups is 1. The number of rotatable bonds is 5. The van der Waals surface area contributed by atoms with E-state index in [9.17, 15) is 4.79 Å². The van der Waals surface area contributed by atoms with Gasteiger partial charge in [0, 0.05) is 17.0 Å². The highest BCUT2D eigenvalue weighted by Crippen LogP contribution is 2.30. The molecule has 0 saturated heterocycles. The van der Waals surface area contributed by atoms with Crippen molar-refractivity contribution >= 4 is 28.4 Å². The molecular formula is C18H19N3O3S. The van der Waals surface area contributed by atoms with Gasteiger partial charge in [-0.2, -0.15) is 5.10 Å². The second kappa shape index (κ2) is 7.48. The molecule has 2 N–H and O–H groups in total. The van der Waals surface area contributed by atoms with E-state index in [2.05, 4.69) is 5.10 Å². The van der Waals surface area contributed by atoms with Crippen molar-refractivity contribution < 1.29 is 14.3 Å². The van der Waals surface area contributed by atoms with Crippen LogP contribution >= 0.6 is 11.8 Å². The fraction of sp³-hybridized carbons (Fsp3) is 0.222. The zero-order valence-electron chi connectivity index (χ0n) is 14.1. The molecule has 0 aliphatic carbocycles. The van der Waals surface area contributed by atoms with Crippen molar-refractivity contribution in [3.05, 3.63) is 53.6 Å². The maximum atomic E-state index is 12.2. The van der Waals surface area contributed by atoms with Gasteiger partial charge in [-0.05, 0) is 35.9 Å². The smallest absolute Gasteiger partial charge is 0.302 e. The number of anilines is 1. The first-order valence-corrected chi connectivity index (χ1v) is 8.68. The van der Waals surface area contributed by atoms with Crippen LogP contribution in [-0.4, -0.2) is 35.9 Å². The van der Waals surface area contributed by atoms with Crippen LogP contribution in [0.15, 0.2) is 47.6 Å². The van der Waals surface area contributed by atoms with E-state index in [0.717, 1.165) is 16.8 Å². The van der Waals surface area contributed by atoms with Crippen LogP contribution in [0.25, 0.3) is 0 Å². The monoisotopic (exact) mass is 357 g/mol. The summed E-state index contributed by atoms with van der Waals surface area (Å²) in [7, 11) is 3.19. The van der Waals surface area contributed by atoms with Gasteiger partial charge in [0.05, 0.1) is 26.5 Å². The van der Waals surface area contributed by atoms with E-state index in [1.807, 2.05) is 42.5 Å². The summed E-state index contributed by atoms with van der Waals surface area (Å²) in [5, 5.41) is 5.94. The Kier molecular flexibility index (Phi) is 5.14. The number of nitrogens with zero attached hydrogens (tertiary/aromatic N) is 2. The molecule has 1 heterocycles. The Labute approximate surface area is 150 Å². The predicted octanol–water partition coefficient (Wildman–Crippen LogP) is 3.36. The number of nitrogen functional groups attached to an aromatic ring is 1. The van der Waals surface area contributed by atoms with E-state index in [1.165, 1.54) is 16.8 Å². The number of hydrogen-bond acceptors (Lipinski definition) is 6. The summed E-state index contributed by atoms with van der Waals surface area (Å²) >= 11 is 1.23. The van der Waals surface area contributed by atoms with E-state index in [1.54, 1.807) is 14.2 Å². The molecule has 1 aliphatic rings. The van der Waals surface area contributed by atoms with Gasteiger partial charge in [0.25, 0.3) is 0 Å². The minimum absolute atomic E-state index is 0.0685. The zero-order chi connectivity index (χ0) is 17.8. The number of thioether (sulfide) groups is 1. The van der Waals surface area contributed by atoms with Gasteiger partial charge in [0.2, 0.25) is 0 Å². The van der Waals surface area contributed by atoms with Gasteiger partial charge in [0.1, 0.15) is 0 Å². The molecule has 0 aromatic heterocycles. The maximum Gasteiger partial charge on any atom is 0.302 e. The average Bonchev–Trinajstić information content (AvgIpc) is 2.64. The van der Waals surface area contributed by atoms with Crippen LogP contribution in [0, 0.1) is 0 Å². The van der Waals surface area contributed by atoms with Gasteiger partial charge >= 0.3 is 5.24 Å². The van der Waals surface area contributed by atoms with Crippen molar-refractivity contribution in [1.82, 2.24) is 5.01 Å². The van der Waals surface area contributed by atoms with Crippen molar-refractivity contribution in [3.63, 3.8) is 0 Å². The Hall–Kier alpha value is -2.67. The van der Waals surface area contributed by atoms with Crippen molar-refractivity contribution in [3.8, 4) is 11.5 Å². The molecule has 7 heteroatoms. The third-order valence-corrected chi connectivity index (χ3v) is 4.69. The molecule has 1 aliphatic heterocycles. The summed E-state index contributed by atoms with van der Waals surface area (Å²) in [4.78, 5) is 12.2. The normalized spacial score (nSPS) is 14.2. The summed E-state index contributed by atoms with van der Waals surface area (Å²) in [6.07, 6.45) is 0. The third-order valence-electron chi connectivity index (χ3n) is 3.81. The van der Waals surface area contributed by atoms with Crippen molar-refractivity contribution in [2.45, 2.75) is 6.54 Å². The molecule has 0 bridgehead atoms. The molecule has 130 valence electrons. The van der Waals surface area contributed by atoms with E-state index >= 15 is 0 Å². The quantitative estimate of drug-likeness (QED) is 0.830. The molecule has 1 amide bonds. The lowest BCUT2D eigenvalue weighted by Gasteiger charge is -2.23. The highest BCUT2D eigenvalue weighted by Gasteiger charge is 2.23. The van der Waals surface area contributed by atoms with Crippen LogP contribution in [0.2, 0.25) is 0 Å². The zero-order valence-corrected chi connectivity index (χ0v) is 14.9. The number of hydrogen-bond donors (Lipinski definition) is 1. The van der Waals surface area contributed by atoms with Gasteiger partial charge < -0.3 is 15.2 Å². The lowest BCUT2D eigenvalue weighted by molar-refractivity contribution is 0.222. The van der Waals surface area contributed by atoms with Crippen molar-refractivity contribution in [2.24, 2.45) is 5.10 Å². The average molecular weight is 357 g/mol. The molecule has 0 atom stereocenters. The Balaban J connectivity index is 1.86. The molecule has 3 rings (SSSR count). The summed E-state index contributed by atoms with van der Waals surface area (Å²) in [6.45, 7) is 0.406. The molecule has 0 fully saturated rings. The first kappa shape index (κ1) is 17.2. The first-order chi connectivity index (χ1) is 12.1. The minimum Gasteiger partial charge on any atom is -0.493 e. The van der Waals surface area contributed by atoms with Crippen LogP contribution in [0.1, 0.15) is 11.1 Å². The summed E-state index contributed by atoms with van der Waals surface area (Å²) in [6, 6.07) is 13.0. The molecule has 2 aromatic carbocycles.